The highest BCUT2D eigenvalue weighted by Gasteiger charge is 2.08. The zero-order valence-electron chi connectivity index (χ0n) is 8.59. The summed E-state index contributed by atoms with van der Waals surface area (Å²) in [6.45, 7) is 0.0109. The van der Waals surface area contributed by atoms with Gasteiger partial charge in [0.2, 0.25) is 0 Å². The lowest BCUT2D eigenvalue weighted by atomic mass is 10.1. The van der Waals surface area contributed by atoms with E-state index in [0.717, 1.165) is 5.56 Å². The number of hydrogen-bond donors (Lipinski definition) is 4. The van der Waals surface area contributed by atoms with E-state index in [2.05, 4.69) is 4.74 Å². The van der Waals surface area contributed by atoms with Gasteiger partial charge in [0, 0.05) is 6.04 Å². The number of hydrogen-bond acceptors (Lipinski definition) is 5. The van der Waals surface area contributed by atoms with Crippen LogP contribution in [0, 0.1) is 0 Å². The number of aromatic hydroxyl groups is 2. The Kier molecular flexibility index (Phi) is 3.96. The summed E-state index contributed by atoms with van der Waals surface area (Å²) in [6.07, 6.45) is -0.467. The predicted octanol–water partition coefficient (Wildman–Crippen LogP) is 0.0629. The number of nitrogens with two attached hydrogens (primary N) is 2. The number of rotatable bonds is 4. The van der Waals surface area contributed by atoms with E-state index in [0.29, 0.717) is 6.42 Å². The summed E-state index contributed by atoms with van der Waals surface area (Å²) in [4.78, 5) is 10.3. The van der Waals surface area contributed by atoms with Gasteiger partial charge < -0.3 is 26.4 Å². The molecule has 0 saturated carbocycles. The molecule has 6 N–H and O–H groups in total. The zero-order valence-corrected chi connectivity index (χ0v) is 8.59. The van der Waals surface area contributed by atoms with Crippen LogP contribution in [0.4, 0.5) is 4.79 Å². The maximum Gasteiger partial charge on any atom is 0.404 e. The van der Waals surface area contributed by atoms with Crippen LogP contribution in [0.15, 0.2) is 18.2 Å². The smallest absolute Gasteiger partial charge is 0.404 e. The van der Waals surface area contributed by atoms with Crippen molar-refractivity contribution in [2.45, 2.75) is 12.5 Å². The predicted molar refractivity (Wildman–Crippen MR) is 57.0 cm³/mol. The fraction of sp³-hybridized carbons (Fsp3) is 0.300. The molecular weight excluding hydrogens is 212 g/mol. The summed E-state index contributed by atoms with van der Waals surface area (Å²) in [7, 11) is 0. The molecule has 0 fully saturated rings. The van der Waals surface area contributed by atoms with E-state index in [-0.39, 0.29) is 18.1 Å². The summed E-state index contributed by atoms with van der Waals surface area (Å²) in [6, 6.07) is 3.99. The maximum atomic E-state index is 10.3. The Labute approximate surface area is 92.4 Å². The van der Waals surface area contributed by atoms with E-state index < -0.39 is 12.1 Å². The Balaban J connectivity index is 2.52. The second-order valence-corrected chi connectivity index (χ2v) is 3.42. The van der Waals surface area contributed by atoms with Crippen molar-refractivity contribution in [1.29, 1.82) is 0 Å². The first-order valence-electron chi connectivity index (χ1n) is 4.67. The van der Waals surface area contributed by atoms with Crippen LogP contribution >= 0.6 is 0 Å². The number of carbonyl (C=O) groups is 1. The highest BCUT2D eigenvalue weighted by molar-refractivity contribution is 5.64. The number of phenols is 2. The van der Waals surface area contributed by atoms with Crippen LogP contribution in [-0.2, 0) is 11.2 Å². The summed E-state index contributed by atoms with van der Waals surface area (Å²) >= 11 is 0. The fourth-order valence-electron chi connectivity index (χ4n) is 1.25. The van der Waals surface area contributed by atoms with Crippen molar-refractivity contribution in [2.75, 3.05) is 6.61 Å². The monoisotopic (exact) mass is 226 g/mol. The molecule has 0 heterocycles. The Morgan fingerprint density at radius 3 is 2.62 bits per heavy atom. The minimum absolute atomic E-state index is 0.0109. The van der Waals surface area contributed by atoms with Gasteiger partial charge in [-0.15, -0.1) is 0 Å². The number of primary amides is 1. The molecule has 0 aliphatic carbocycles. The van der Waals surface area contributed by atoms with Crippen LogP contribution in [0.25, 0.3) is 0 Å². The van der Waals surface area contributed by atoms with Gasteiger partial charge in [0.15, 0.2) is 11.5 Å². The number of ether oxygens (including phenoxy) is 1. The van der Waals surface area contributed by atoms with E-state index in [1.54, 1.807) is 6.07 Å². The standard InChI is InChI=1S/C10H14N2O4/c11-7(5-16-10(12)15)3-6-1-2-8(13)9(14)4-6/h1-2,4,7,13-14H,3,5,11H2,(H2,12,15)/t7-/m0/s1. The Morgan fingerprint density at radius 2 is 2.06 bits per heavy atom. The molecule has 0 aliphatic heterocycles. The number of benzene rings is 1. The molecule has 1 aromatic carbocycles. The van der Waals surface area contributed by atoms with Crippen LogP contribution in [0.5, 0.6) is 11.5 Å². The van der Waals surface area contributed by atoms with Crippen LogP contribution in [0.1, 0.15) is 5.56 Å². The molecular formula is C10H14N2O4. The van der Waals surface area contributed by atoms with Crippen molar-refractivity contribution >= 4 is 6.09 Å². The maximum absolute atomic E-state index is 10.3. The van der Waals surface area contributed by atoms with E-state index in [1.807, 2.05) is 0 Å². The molecule has 0 saturated heterocycles. The molecule has 88 valence electrons. The Hall–Kier alpha value is -1.95. The van der Waals surface area contributed by atoms with Crippen LogP contribution in [-0.4, -0.2) is 29.0 Å². The second-order valence-electron chi connectivity index (χ2n) is 3.42. The molecule has 0 unspecified atom stereocenters. The number of carbonyl (C=O) groups excluding carboxylic acids is 1. The largest absolute Gasteiger partial charge is 0.504 e. The van der Waals surface area contributed by atoms with E-state index in [9.17, 15) is 9.90 Å². The van der Waals surface area contributed by atoms with Gasteiger partial charge in [0.25, 0.3) is 0 Å². The molecule has 1 amide bonds. The van der Waals surface area contributed by atoms with E-state index >= 15 is 0 Å². The molecule has 0 radical (unpaired) electrons. The highest BCUT2D eigenvalue weighted by Crippen LogP contribution is 2.25. The molecule has 1 atom stereocenters. The third kappa shape index (κ3) is 3.66. The van der Waals surface area contributed by atoms with Gasteiger partial charge in [0.05, 0.1) is 0 Å². The molecule has 16 heavy (non-hydrogen) atoms. The highest BCUT2D eigenvalue weighted by atomic mass is 16.5. The third-order valence-electron chi connectivity index (χ3n) is 1.98. The van der Waals surface area contributed by atoms with E-state index in [4.69, 9.17) is 16.6 Å². The normalized spacial score (nSPS) is 12.1. The molecule has 6 heteroatoms. The average molecular weight is 226 g/mol. The molecule has 6 nitrogen and oxygen atoms in total. The summed E-state index contributed by atoms with van der Waals surface area (Å²) in [5.41, 5.74) is 11.2. The van der Waals surface area contributed by atoms with Gasteiger partial charge in [0.1, 0.15) is 6.61 Å². The van der Waals surface area contributed by atoms with Crippen molar-refractivity contribution in [3.05, 3.63) is 23.8 Å². The SMILES string of the molecule is NC(=O)OC[C@@H](N)Cc1ccc(O)c(O)c1. The molecule has 0 bridgehead atoms. The summed E-state index contributed by atoms with van der Waals surface area (Å²) in [5.74, 6) is -0.397. The van der Waals surface area contributed by atoms with Crippen LogP contribution < -0.4 is 11.5 Å². The van der Waals surface area contributed by atoms with Gasteiger partial charge in [-0.05, 0) is 24.1 Å². The van der Waals surface area contributed by atoms with Gasteiger partial charge >= 0.3 is 6.09 Å². The lowest BCUT2D eigenvalue weighted by Gasteiger charge is -2.11. The van der Waals surface area contributed by atoms with Gasteiger partial charge in [-0.25, -0.2) is 4.79 Å². The van der Waals surface area contributed by atoms with Gasteiger partial charge in [-0.1, -0.05) is 6.07 Å². The lowest BCUT2D eigenvalue weighted by molar-refractivity contribution is 0.149. The van der Waals surface area contributed by atoms with Crippen molar-refractivity contribution in [3.8, 4) is 11.5 Å². The van der Waals surface area contributed by atoms with Crippen LogP contribution in [0.2, 0.25) is 0 Å². The molecule has 1 rings (SSSR count). The minimum atomic E-state index is -0.871. The zero-order chi connectivity index (χ0) is 12.1. The third-order valence-corrected chi connectivity index (χ3v) is 1.98. The number of phenolic OH excluding ortho intramolecular Hbond substituents is 2. The van der Waals surface area contributed by atoms with Crippen molar-refractivity contribution < 1.29 is 19.7 Å². The summed E-state index contributed by atoms with van der Waals surface area (Å²) < 4.78 is 4.53. The first kappa shape index (κ1) is 12.1. The van der Waals surface area contributed by atoms with E-state index in [1.165, 1.54) is 12.1 Å². The lowest BCUT2D eigenvalue weighted by Crippen LogP contribution is -2.31. The van der Waals surface area contributed by atoms with Crippen molar-refractivity contribution in [3.63, 3.8) is 0 Å². The average Bonchev–Trinajstić information content (AvgIpc) is 2.21. The number of amides is 1. The Morgan fingerprint density at radius 1 is 1.38 bits per heavy atom. The van der Waals surface area contributed by atoms with Gasteiger partial charge in [-0.2, -0.15) is 0 Å². The molecule has 0 aliphatic rings. The molecule has 0 spiro atoms. The quantitative estimate of drug-likeness (QED) is 0.541. The summed E-state index contributed by atoms with van der Waals surface area (Å²) in [5, 5.41) is 18.3. The second kappa shape index (κ2) is 5.22. The topological polar surface area (TPSA) is 119 Å². The fourth-order valence-corrected chi connectivity index (χ4v) is 1.25. The molecule has 0 aromatic heterocycles. The minimum Gasteiger partial charge on any atom is -0.504 e. The molecule has 1 aromatic rings. The Bertz CT molecular complexity index is 381. The van der Waals surface area contributed by atoms with Crippen LogP contribution in [0.3, 0.4) is 0 Å². The first-order valence-corrected chi connectivity index (χ1v) is 4.67. The van der Waals surface area contributed by atoms with Crippen molar-refractivity contribution in [1.82, 2.24) is 0 Å². The van der Waals surface area contributed by atoms with Gasteiger partial charge in [-0.3, -0.25) is 0 Å². The van der Waals surface area contributed by atoms with Crippen molar-refractivity contribution in [2.24, 2.45) is 11.5 Å². The first-order chi connectivity index (χ1) is 7.49.